The highest BCUT2D eigenvalue weighted by Gasteiger charge is 2.49. The van der Waals surface area contributed by atoms with Gasteiger partial charge in [0, 0.05) is 26.2 Å². The van der Waals surface area contributed by atoms with Gasteiger partial charge in [0.2, 0.25) is 15.9 Å². The summed E-state index contributed by atoms with van der Waals surface area (Å²) in [7, 11) is -2.22. The Hall–Kier alpha value is -3.44. The number of imide groups is 1. The van der Waals surface area contributed by atoms with Gasteiger partial charge in [0.15, 0.2) is 0 Å². The molecule has 2 aliphatic heterocycles. The fraction of sp³-hybridized carbons (Fsp3) is 0.423. The van der Waals surface area contributed by atoms with E-state index in [1.807, 2.05) is 24.3 Å². The molecule has 2 fully saturated rings. The zero-order valence-electron chi connectivity index (χ0n) is 21.4. The average Bonchev–Trinajstić information content (AvgIpc) is 3.12. The van der Waals surface area contributed by atoms with Gasteiger partial charge < -0.3 is 15.0 Å². The van der Waals surface area contributed by atoms with Gasteiger partial charge >= 0.3 is 6.03 Å². The number of hydrogen-bond donors (Lipinski definition) is 1. The maximum atomic E-state index is 13.2. The molecule has 2 heterocycles. The number of rotatable bonds is 7. The van der Waals surface area contributed by atoms with Crippen LogP contribution in [0.3, 0.4) is 0 Å². The van der Waals surface area contributed by atoms with Gasteiger partial charge in [-0.2, -0.15) is 4.31 Å². The van der Waals surface area contributed by atoms with Crippen LogP contribution in [0.25, 0.3) is 0 Å². The SMILES string of the molecule is COc1ccc(S(=O)(=O)N2CCN(C(=O)CN3C(=O)N[C@](C)(c4ccc(C(C)C)cc4)C3=O)CC2)cc1. The molecule has 0 unspecified atom stereocenters. The number of methoxy groups -OCH3 is 1. The fourth-order valence-corrected chi connectivity index (χ4v) is 5.97. The molecule has 37 heavy (non-hydrogen) atoms. The number of sulfonamides is 1. The van der Waals surface area contributed by atoms with Gasteiger partial charge in [-0.05, 0) is 48.2 Å². The van der Waals surface area contributed by atoms with Crippen LogP contribution < -0.4 is 10.1 Å². The predicted molar refractivity (Wildman–Crippen MR) is 136 cm³/mol. The number of piperazine rings is 1. The van der Waals surface area contributed by atoms with E-state index in [2.05, 4.69) is 19.2 Å². The summed E-state index contributed by atoms with van der Waals surface area (Å²) in [5.41, 5.74) is 0.490. The molecule has 4 rings (SSSR count). The van der Waals surface area contributed by atoms with Gasteiger partial charge in [-0.3, -0.25) is 14.5 Å². The lowest BCUT2D eigenvalue weighted by Gasteiger charge is -2.34. The summed E-state index contributed by atoms with van der Waals surface area (Å²) in [5, 5.41) is 2.73. The first kappa shape index (κ1) is 26.6. The van der Waals surface area contributed by atoms with Crippen LogP contribution in [0, 0.1) is 0 Å². The molecule has 10 nitrogen and oxygen atoms in total. The van der Waals surface area contributed by atoms with E-state index in [0.717, 1.165) is 10.5 Å². The summed E-state index contributed by atoms with van der Waals surface area (Å²) in [5.74, 6) is -0.0247. The number of carbonyl (C=O) groups excluding carboxylic acids is 3. The van der Waals surface area contributed by atoms with Crippen molar-refractivity contribution in [2.45, 2.75) is 37.1 Å². The van der Waals surface area contributed by atoms with Crippen molar-refractivity contribution in [1.29, 1.82) is 0 Å². The number of amides is 4. The first-order valence-corrected chi connectivity index (χ1v) is 13.6. The third kappa shape index (κ3) is 5.05. The second-order valence-electron chi connectivity index (χ2n) is 9.68. The van der Waals surface area contributed by atoms with E-state index in [9.17, 15) is 22.8 Å². The van der Waals surface area contributed by atoms with E-state index >= 15 is 0 Å². The van der Waals surface area contributed by atoms with E-state index in [1.54, 1.807) is 19.1 Å². The molecule has 1 N–H and O–H groups in total. The normalized spacial score (nSPS) is 20.9. The highest BCUT2D eigenvalue weighted by Crippen LogP contribution is 2.30. The molecule has 0 radical (unpaired) electrons. The van der Waals surface area contributed by atoms with Crippen LogP contribution in [0.5, 0.6) is 5.75 Å². The number of hydrogen-bond acceptors (Lipinski definition) is 6. The minimum Gasteiger partial charge on any atom is -0.497 e. The highest BCUT2D eigenvalue weighted by atomic mass is 32.2. The molecule has 0 aliphatic carbocycles. The van der Waals surface area contributed by atoms with E-state index in [-0.39, 0.29) is 31.1 Å². The molecule has 11 heteroatoms. The van der Waals surface area contributed by atoms with Gasteiger partial charge in [0.1, 0.15) is 17.8 Å². The Balaban J connectivity index is 1.38. The molecule has 198 valence electrons. The van der Waals surface area contributed by atoms with Gasteiger partial charge in [0.05, 0.1) is 12.0 Å². The standard InChI is InChI=1S/C26H32N4O6S/c1-18(2)19-5-7-20(8-6-19)26(3)24(32)30(25(33)27-26)17-23(31)28-13-15-29(16-14-28)37(34,35)22-11-9-21(36-4)10-12-22/h5-12,18H,13-17H2,1-4H3,(H,27,33)/t26-/m1/s1. The van der Waals surface area contributed by atoms with Gasteiger partial charge in [-0.25, -0.2) is 13.2 Å². The molecule has 1 atom stereocenters. The van der Waals surface area contributed by atoms with Crippen LogP contribution in [0.4, 0.5) is 4.79 Å². The average molecular weight is 529 g/mol. The van der Waals surface area contributed by atoms with Gasteiger partial charge in [0.25, 0.3) is 5.91 Å². The lowest BCUT2D eigenvalue weighted by atomic mass is 9.90. The second kappa shape index (κ2) is 10.1. The zero-order valence-corrected chi connectivity index (χ0v) is 22.2. The van der Waals surface area contributed by atoms with Crippen LogP contribution in [0.1, 0.15) is 37.8 Å². The molecular formula is C26H32N4O6S. The monoisotopic (exact) mass is 528 g/mol. The molecule has 2 aliphatic rings. The molecular weight excluding hydrogens is 496 g/mol. The first-order chi connectivity index (χ1) is 17.5. The van der Waals surface area contributed by atoms with Crippen LogP contribution in [0.2, 0.25) is 0 Å². The maximum absolute atomic E-state index is 13.2. The summed E-state index contributed by atoms with van der Waals surface area (Å²) < 4.78 is 32.3. The second-order valence-corrected chi connectivity index (χ2v) is 11.6. The van der Waals surface area contributed by atoms with Crippen molar-refractivity contribution in [3.63, 3.8) is 0 Å². The lowest BCUT2D eigenvalue weighted by molar-refractivity contribution is -0.139. The summed E-state index contributed by atoms with van der Waals surface area (Å²) in [6.45, 7) is 5.90. The van der Waals surface area contributed by atoms with E-state index in [1.165, 1.54) is 28.4 Å². The van der Waals surface area contributed by atoms with E-state index in [4.69, 9.17) is 4.74 Å². The lowest BCUT2D eigenvalue weighted by Crippen LogP contribution is -2.53. The number of nitrogens with zero attached hydrogens (tertiary/aromatic N) is 3. The fourth-order valence-electron chi connectivity index (χ4n) is 4.55. The number of nitrogens with one attached hydrogen (secondary N) is 1. The minimum atomic E-state index is -3.72. The molecule has 2 aromatic carbocycles. The number of urea groups is 1. The Morgan fingerprint density at radius 3 is 2.14 bits per heavy atom. The Bertz CT molecular complexity index is 1290. The molecule has 4 amide bonds. The largest absolute Gasteiger partial charge is 0.497 e. The van der Waals surface area contributed by atoms with Crippen molar-refractivity contribution in [2.75, 3.05) is 39.8 Å². The smallest absolute Gasteiger partial charge is 0.325 e. The third-order valence-electron chi connectivity index (χ3n) is 7.01. The quantitative estimate of drug-likeness (QED) is 0.551. The van der Waals surface area contributed by atoms with Crippen LogP contribution in [-0.2, 0) is 25.2 Å². The van der Waals surface area contributed by atoms with Crippen LogP contribution >= 0.6 is 0 Å². The van der Waals surface area contributed by atoms with Crippen molar-refractivity contribution >= 4 is 27.9 Å². The Morgan fingerprint density at radius 2 is 1.59 bits per heavy atom. The van der Waals surface area contributed by atoms with E-state index < -0.39 is 40.0 Å². The minimum absolute atomic E-state index is 0.111. The molecule has 2 aromatic rings. The van der Waals surface area contributed by atoms with Gasteiger partial charge in [-0.15, -0.1) is 0 Å². The molecule has 2 saturated heterocycles. The maximum Gasteiger partial charge on any atom is 0.325 e. The molecule has 0 aromatic heterocycles. The topological polar surface area (TPSA) is 116 Å². The number of carbonyl (C=O) groups is 3. The van der Waals surface area contributed by atoms with Crippen LogP contribution in [-0.4, -0.2) is 80.2 Å². The number of ether oxygens (including phenoxy) is 1. The Labute approximate surface area is 217 Å². The molecule has 0 bridgehead atoms. The van der Waals surface area contributed by atoms with E-state index in [0.29, 0.717) is 17.2 Å². The van der Waals surface area contributed by atoms with Crippen molar-refractivity contribution in [2.24, 2.45) is 0 Å². The third-order valence-corrected chi connectivity index (χ3v) is 8.92. The first-order valence-electron chi connectivity index (χ1n) is 12.1. The Kier molecular flexibility index (Phi) is 7.29. The summed E-state index contributed by atoms with van der Waals surface area (Å²) in [6, 6.07) is 13.0. The molecule has 0 saturated carbocycles. The summed E-state index contributed by atoms with van der Waals surface area (Å²) >= 11 is 0. The highest BCUT2D eigenvalue weighted by molar-refractivity contribution is 7.89. The van der Waals surface area contributed by atoms with Crippen molar-refractivity contribution < 1.29 is 27.5 Å². The number of benzene rings is 2. The van der Waals surface area contributed by atoms with Crippen molar-refractivity contribution in [1.82, 2.24) is 19.4 Å². The summed E-state index contributed by atoms with van der Waals surface area (Å²) in [6.07, 6.45) is 0. The van der Waals surface area contributed by atoms with Crippen molar-refractivity contribution in [3.8, 4) is 5.75 Å². The van der Waals surface area contributed by atoms with Crippen molar-refractivity contribution in [3.05, 3.63) is 59.7 Å². The molecule has 0 spiro atoms. The zero-order chi connectivity index (χ0) is 27.0. The summed E-state index contributed by atoms with van der Waals surface area (Å²) in [4.78, 5) is 41.5. The Morgan fingerprint density at radius 1 is 1.00 bits per heavy atom. The van der Waals surface area contributed by atoms with Crippen LogP contribution in [0.15, 0.2) is 53.4 Å². The van der Waals surface area contributed by atoms with Gasteiger partial charge in [-0.1, -0.05) is 38.1 Å². The predicted octanol–water partition coefficient (Wildman–Crippen LogP) is 2.12.